The van der Waals surface area contributed by atoms with Crippen LogP contribution >= 0.6 is 11.3 Å². The number of aromatic nitrogens is 1. The number of sulfone groups is 1. The summed E-state index contributed by atoms with van der Waals surface area (Å²) in [6.45, 7) is 0. The summed E-state index contributed by atoms with van der Waals surface area (Å²) >= 11 is 0.759. The molecule has 6 nitrogen and oxygen atoms in total. The maximum atomic E-state index is 13.3. The Kier molecular flexibility index (Phi) is 6.52. The molecular formula is C22H25FN2O4S2. The molecule has 9 heteroatoms. The van der Waals surface area contributed by atoms with E-state index in [1.165, 1.54) is 0 Å². The number of benzene rings is 1. The molecule has 2 aromatic rings. The number of carbonyl (C=O) groups excluding carboxylic acids is 2. The fraction of sp³-hybridized carbons (Fsp3) is 0.500. The number of Topliss-reactive ketones (excluding diaryl/α,β-unsaturated/α-hetero) is 1. The molecule has 2 saturated carbocycles. The lowest BCUT2D eigenvalue weighted by Gasteiger charge is -2.27. The number of amides is 1. The summed E-state index contributed by atoms with van der Waals surface area (Å²) < 4.78 is 38.6. The van der Waals surface area contributed by atoms with Gasteiger partial charge in [-0.05, 0) is 55.7 Å². The van der Waals surface area contributed by atoms with E-state index in [1.54, 1.807) is 24.3 Å². The van der Waals surface area contributed by atoms with E-state index in [2.05, 4.69) is 10.3 Å². The topological polar surface area (TPSA) is 93.2 Å². The van der Waals surface area contributed by atoms with Crippen LogP contribution in [0.5, 0.6) is 0 Å². The molecule has 0 aliphatic heterocycles. The van der Waals surface area contributed by atoms with Crippen molar-refractivity contribution in [2.24, 2.45) is 5.92 Å². The minimum Gasteiger partial charge on any atom is -0.301 e. The van der Waals surface area contributed by atoms with Crippen LogP contribution in [0.4, 0.5) is 9.52 Å². The predicted molar refractivity (Wildman–Crippen MR) is 116 cm³/mol. The van der Waals surface area contributed by atoms with Gasteiger partial charge in [-0.1, -0.05) is 29.9 Å². The van der Waals surface area contributed by atoms with Gasteiger partial charge in [0.25, 0.3) is 0 Å². The Balaban J connectivity index is 1.55. The van der Waals surface area contributed by atoms with E-state index in [0.717, 1.165) is 36.8 Å². The van der Waals surface area contributed by atoms with Gasteiger partial charge in [-0.2, -0.15) is 4.39 Å². The van der Waals surface area contributed by atoms with Crippen LogP contribution in [0.1, 0.15) is 62.8 Å². The fourth-order valence-electron chi connectivity index (χ4n) is 4.23. The molecule has 1 amide bonds. The maximum absolute atomic E-state index is 13.3. The lowest BCUT2D eigenvalue weighted by atomic mass is 9.80. The van der Waals surface area contributed by atoms with Crippen LogP contribution in [0, 0.1) is 11.0 Å². The first-order valence-electron chi connectivity index (χ1n) is 10.6. The Hall–Kier alpha value is -2.13. The van der Waals surface area contributed by atoms with Gasteiger partial charge in [-0.15, -0.1) is 0 Å². The van der Waals surface area contributed by atoms with Crippen molar-refractivity contribution in [3.8, 4) is 0 Å². The van der Waals surface area contributed by atoms with Crippen molar-refractivity contribution < 1.29 is 22.4 Å². The normalized spacial score (nSPS) is 19.1. The molecule has 31 heavy (non-hydrogen) atoms. The van der Waals surface area contributed by atoms with Crippen LogP contribution in [0.15, 0.2) is 35.4 Å². The highest BCUT2D eigenvalue weighted by Gasteiger charge is 2.33. The molecule has 1 aromatic carbocycles. The zero-order chi connectivity index (χ0) is 22.0. The molecular weight excluding hydrogens is 439 g/mol. The van der Waals surface area contributed by atoms with Crippen molar-refractivity contribution in [3.05, 3.63) is 41.2 Å². The van der Waals surface area contributed by atoms with Gasteiger partial charge in [0.05, 0.1) is 22.3 Å². The van der Waals surface area contributed by atoms with E-state index in [-0.39, 0.29) is 32.9 Å². The van der Waals surface area contributed by atoms with E-state index in [4.69, 9.17) is 0 Å². The van der Waals surface area contributed by atoms with E-state index >= 15 is 0 Å². The highest BCUT2D eigenvalue weighted by Crippen LogP contribution is 2.35. The number of ketones is 1. The quantitative estimate of drug-likeness (QED) is 0.652. The van der Waals surface area contributed by atoms with Crippen LogP contribution in [-0.2, 0) is 19.4 Å². The number of hydrogen-bond donors (Lipinski definition) is 1. The second-order valence-electron chi connectivity index (χ2n) is 8.40. The van der Waals surface area contributed by atoms with Gasteiger partial charge < -0.3 is 5.32 Å². The molecule has 0 spiro atoms. The molecule has 2 fully saturated rings. The van der Waals surface area contributed by atoms with Crippen molar-refractivity contribution in [3.63, 3.8) is 0 Å². The zero-order valence-electron chi connectivity index (χ0n) is 17.1. The van der Waals surface area contributed by atoms with Crippen molar-refractivity contribution >= 4 is 38.0 Å². The van der Waals surface area contributed by atoms with Gasteiger partial charge in [0, 0.05) is 12.8 Å². The van der Waals surface area contributed by atoms with E-state index < -0.39 is 20.9 Å². The largest absolute Gasteiger partial charge is 0.301 e. The van der Waals surface area contributed by atoms with Gasteiger partial charge >= 0.3 is 0 Å². The highest BCUT2D eigenvalue weighted by molar-refractivity contribution is 7.92. The monoisotopic (exact) mass is 464 g/mol. The first-order chi connectivity index (χ1) is 14.8. The van der Waals surface area contributed by atoms with Crippen LogP contribution in [-0.4, -0.2) is 30.3 Å². The summed E-state index contributed by atoms with van der Waals surface area (Å²) in [6.07, 6.45) is 6.45. The molecule has 0 saturated heterocycles. The molecule has 4 rings (SSSR count). The number of halogens is 1. The second-order valence-corrected chi connectivity index (χ2v) is 11.6. The highest BCUT2D eigenvalue weighted by atomic mass is 32.2. The van der Waals surface area contributed by atoms with Gasteiger partial charge in [-0.3, -0.25) is 9.59 Å². The van der Waals surface area contributed by atoms with Crippen molar-refractivity contribution in [1.82, 2.24) is 4.98 Å². The number of thiazole rings is 1. The molecule has 1 N–H and O–H groups in total. The summed E-state index contributed by atoms with van der Waals surface area (Å²) in [5, 5.41) is 2.08. The third-order valence-electron chi connectivity index (χ3n) is 6.36. The number of carbonyl (C=O) groups is 2. The molecule has 1 aromatic heterocycles. The summed E-state index contributed by atoms with van der Waals surface area (Å²) in [6, 6.07) is 6.56. The Morgan fingerprint density at radius 3 is 2.39 bits per heavy atom. The smallest absolute Gasteiger partial charge is 0.233 e. The molecule has 0 radical (unpaired) electrons. The van der Waals surface area contributed by atoms with Gasteiger partial charge in [-0.25, -0.2) is 13.4 Å². The molecule has 0 unspecified atom stereocenters. The number of nitrogens with one attached hydrogen (secondary N) is 1. The molecule has 2 aliphatic rings. The Morgan fingerprint density at radius 1 is 1.16 bits per heavy atom. The average molecular weight is 465 g/mol. The number of rotatable bonds is 7. The van der Waals surface area contributed by atoms with Gasteiger partial charge in [0.2, 0.25) is 5.91 Å². The first kappa shape index (κ1) is 22.1. The fourth-order valence-corrected chi connectivity index (χ4v) is 6.63. The van der Waals surface area contributed by atoms with Crippen LogP contribution in [0.25, 0.3) is 0 Å². The van der Waals surface area contributed by atoms with E-state index in [1.807, 2.05) is 0 Å². The maximum Gasteiger partial charge on any atom is 0.233 e. The number of nitrogens with zero attached hydrogens (tertiary/aromatic N) is 1. The number of anilines is 1. The first-order valence-corrected chi connectivity index (χ1v) is 13.0. The summed E-state index contributed by atoms with van der Waals surface area (Å²) in [5.74, 6) is -0.368. The Bertz CT molecular complexity index is 1050. The van der Waals surface area contributed by atoms with Crippen molar-refractivity contribution in [2.45, 2.75) is 67.4 Å². The van der Waals surface area contributed by atoms with Crippen LogP contribution in [0.2, 0.25) is 0 Å². The molecule has 1 atom stereocenters. The zero-order valence-corrected chi connectivity index (χ0v) is 18.7. The molecule has 2 aliphatic carbocycles. The number of hydrogen-bond acceptors (Lipinski definition) is 6. The average Bonchev–Trinajstić information content (AvgIpc) is 3.10. The summed E-state index contributed by atoms with van der Waals surface area (Å²) in [4.78, 5) is 28.8. The SMILES string of the molecule is O=C1CCC(C[C@@H](C(=O)Nc2ncc(F)s2)c2ccc(S(=O)(=O)C3CCC3)cc2)CC1. The summed E-state index contributed by atoms with van der Waals surface area (Å²) in [7, 11) is -3.33. The lowest BCUT2D eigenvalue weighted by molar-refractivity contribution is -0.121. The second kappa shape index (κ2) is 9.16. The minimum atomic E-state index is -3.33. The molecule has 1 heterocycles. The standard InChI is InChI=1S/C22H25FN2O4S2/c23-20-13-24-22(30-20)25-21(27)19(12-14-4-8-16(26)9-5-14)15-6-10-18(11-7-15)31(28,29)17-2-1-3-17/h6-7,10-11,13-14,17,19H,1-5,8-9,12H2,(H,24,25,27)/t19-/m1/s1. The van der Waals surface area contributed by atoms with Crippen LogP contribution in [0.3, 0.4) is 0 Å². The Morgan fingerprint density at radius 2 is 1.84 bits per heavy atom. The van der Waals surface area contributed by atoms with E-state index in [9.17, 15) is 22.4 Å². The third kappa shape index (κ3) is 5.03. The molecule has 0 bridgehead atoms. The van der Waals surface area contributed by atoms with Crippen molar-refractivity contribution in [2.75, 3.05) is 5.32 Å². The van der Waals surface area contributed by atoms with Crippen molar-refractivity contribution in [1.29, 1.82) is 0 Å². The third-order valence-corrected chi connectivity index (χ3v) is 9.34. The Labute approximate surface area is 185 Å². The minimum absolute atomic E-state index is 0.190. The molecule has 166 valence electrons. The summed E-state index contributed by atoms with van der Waals surface area (Å²) in [5.41, 5.74) is 0.707. The van der Waals surface area contributed by atoms with Crippen LogP contribution < -0.4 is 5.32 Å². The van der Waals surface area contributed by atoms with E-state index in [0.29, 0.717) is 37.7 Å². The predicted octanol–water partition coefficient (Wildman–Crippen LogP) is 4.48. The lowest BCUT2D eigenvalue weighted by Crippen LogP contribution is -2.28. The van der Waals surface area contributed by atoms with Gasteiger partial charge in [0.15, 0.2) is 20.1 Å². The van der Waals surface area contributed by atoms with Gasteiger partial charge in [0.1, 0.15) is 5.78 Å².